The molecule has 114 valence electrons. The van der Waals surface area contributed by atoms with Crippen molar-refractivity contribution in [3.8, 4) is 16.9 Å². The standard InChI is InChI=1S/C19H17N3O/c1-2-4-14(5-3-1)12-21-19-16-8-11-23-18(16)17(13-22-19)15-6-9-20-10-7-15/h1-7,9-10,13H,8,11-12H2,(H,21,22). The number of nitrogens with one attached hydrogen (secondary N) is 1. The molecule has 1 aliphatic heterocycles. The fraction of sp³-hybridized carbons (Fsp3) is 0.158. The lowest BCUT2D eigenvalue weighted by atomic mass is 10.0. The summed E-state index contributed by atoms with van der Waals surface area (Å²) >= 11 is 0. The van der Waals surface area contributed by atoms with Crippen molar-refractivity contribution in [1.29, 1.82) is 0 Å². The van der Waals surface area contributed by atoms with Crippen molar-refractivity contribution in [3.63, 3.8) is 0 Å². The van der Waals surface area contributed by atoms with Crippen molar-refractivity contribution >= 4 is 5.82 Å². The summed E-state index contributed by atoms with van der Waals surface area (Å²) in [6, 6.07) is 14.3. The highest BCUT2D eigenvalue weighted by Crippen LogP contribution is 2.39. The topological polar surface area (TPSA) is 47.0 Å². The molecular formula is C19H17N3O. The normalized spacial score (nSPS) is 12.5. The van der Waals surface area contributed by atoms with Crippen LogP contribution in [0.4, 0.5) is 5.82 Å². The van der Waals surface area contributed by atoms with Crippen molar-refractivity contribution in [2.24, 2.45) is 0 Å². The zero-order valence-corrected chi connectivity index (χ0v) is 12.7. The zero-order chi connectivity index (χ0) is 15.5. The Morgan fingerprint density at radius 1 is 1.04 bits per heavy atom. The maximum absolute atomic E-state index is 5.88. The summed E-state index contributed by atoms with van der Waals surface area (Å²) in [5, 5.41) is 3.44. The molecule has 0 saturated carbocycles. The lowest BCUT2D eigenvalue weighted by molar-refractivity contribution is 0.358. The van der Waals surface area contributed by atoms with E-state index >= 15 is 0 Å². The molecule has 0 fully saturated rings. The molecule has 1 aliphatic rings. The van der Waals surface area contributed by atoms with E-state index in [0.717, 1.165) is 41.2 Å². The molecule has 4 nitrogen and oxygen atoms in total. The highest BCUT2D eigenvalue weighted by Gasteiger charge is 2.22. The average molecular weight is 303 g/mol. The number of aromatic nitrogens is 2. The minimum absolute atomic E-state index is 0.707. The Kier molecular flexibility index (Phi) is 3.64. The predicted molar refractivity (Wildman–Crippen MR) is 90.4 cm³/mol. The Bertz CT molecular complexity index is 804. The third-order valence-corrected chi connectivity index (χ3v) is 4.02. The summed E-state index contributed by atoms with van der Waals surface area (Å²) in [5.41, 5.74) is 4.51. The van der Waals surface area contributed by atoms with Gasteiger partial charge < -0.3 is 10.1 Å². The maximum Gasteiger partial charge on any atom is 0.135 e. The zero-order valence-electron chi connectivity index (χ0n) is 12.7. The molecule has 4 heteroatoms. The van der Waals surface area contributed by atoms with E-state index in [1.807, 2.05) is 36.5 Å². The number of pyridine rings is 2. The van der Waals surface area contributed by atoms with Crippen molar-refractivity contribution < 1.29 is 4.74 Å². The number of benzene rings is 1. The van der Waals surface area contributed by atoms with E-state index in [2.05, 4.69) is 27.4 Å². The first-order chi connectivity index (χ1) is 11.4. The van der Waals surface area contributed by atoms with Gasteiger partial charge in [0.15, 0.2) is 0 Å². The number of nitrogens with zero attached hydrogens (tertiary/aromatic N) is 2. The molecule has 0 radical (unpaired) electrons. The van der Waals surface area contributed by atoms with Gasteiger partial charge in [-0.2, -0.15) is 0 Å². The fourth-order valence-corrected chi connectivity index (χ4v) is 2.86. The summed E-state index contributed by atoms with van der Waals surface area (Å²) < 4.78 is 5.88. The van der Waals surface area contributed by atoms with Gasteiger partial charge in [0.1, 0.15) is 11.6 Å². The Labute approximate surface area is 135 Å². The van der Waals surface area contributed by atoms with Crippen LogP contribution < -0.4 is 10.1 Å². The van der Waals surface area contributed by atoms with Gasteiger partial charge in [0.2, 0.25) is 0 Å². The van der Waals surface area contributed by atoms with Crippen LogP contribution >= 0.6 is 0 Å². The van der Waals surface area contributed by atoms with Gasteiger partial charge in [-0.15, -0.1) is 0 Å². The van der Waals surface area contributed by atoms with Crippen molar-refractivity contribution in [3.05, 3.63) is 72.2 Å². The quantitative estimate of drug-likeness (QED) is 0.798. The largest absolute Gasteiger partial charge is 0.492 e. The number of fused-ring (bicyclic) bond motifs is 1. The Morgan fingerprint density at radius 2 is 1.87 bits per heavy atom. The fourth-order valence-electron chi connectivity index (χ4n) is 2.86. The average Bonchev–Trinajstić information content (AvgIpc) is 3.11. The molecule has 23 heavy (non-hydrogen) atoms. The van der Waals surface area contributed by atoms with Gasteiger partial charge in [0.05, 0.1) is 6.61 Å². The minimum Gasteiger partial charge on any atom is -0.492 e. The van der Waals surface area contributed by atoms with Gasteiger partial charge in [0.25, 0.3) is 0 Å². The molecule has 3 heterocycles. The lowest BCUT2D eigenvalue weighted by Crippen LogP contribution is -2.04. The van der Waals surface area contributed by atoms with Crippen molar-refractivity contribution in [2.75, 3.05) is 11.9 Å². The van der Waals surface area contributed by atoms with E-state index in [9.17, 15) is 0 Å². The molecule has 0 aliphatic carbocycles. The minimum atomic E-state index is 0.707. The smallest absolute Gasteiger partial charge is 0.135 e. The molecule has 1 N–H and O–H groups in total. The molecule has 2 aromatic heterocycles. The molecule has 0 saturated heterocycles. The van der Waals surface area contributed by atoms with Crippen LogP contribution in [0.3, 0.4) is 0 Å². The second-order valence-electron chi connectivity index (χ2n) is 5.50. The lowest BCUT2D eigenvalue weighted by Gasteiger charge is -2.13. The van der Waals surface area contributed by atoms with E-state index in [1.54, 1.807) is 12.4 Å². The van der Waals surface area contributed by atoms with Gasteiger partial charge >= 0.3 is 0 Å². The molecule has 3 aromatic rings. The van der Waals surface area contributed by atoms with Crippen LogP contribution in [0.1, 0.15) is 11.1 Å². The van der Waals surface area contributed by atoms with Crippen LogP contribution in [0.5, 0.6) is 5.75 Å². The van der Waals surface area contributed by atoms with Crippen LogP contribution in [0.15, 0.2) is 61.1 Å². The second-order valence-corrected chi connectivity index (χ2v) is 5.50. The summed E-state index contributed by atoms with van der Waals surface area (Å²) in [7, 11) is 0. The first-order valence-corrected chi connectivity index (χ1v) is 7.75. The van der Waals surface area contributed by atoms with E-state index in [-0.39, 0.29) is 0 Å². The third-order valence-electron chi connectivity index (χ3n) is 4.02. The number of rotatable bonds is 4. The molecule has 0 unspecified atom stereocenters. The Morgan fingerprint density at radius 3 is 2.70 bits per heavy atom. The van der Waals surface area contributed by atoms with E-state index in [1.165, 1.54) is 5.56 Å². The molecule has 0 atom stereocenters. The first-order valence-electron chi connectivity index (χ1n) is 7.75. The van der Waals surface area contributed by atoms with Gasteiger partial charge in [-0.3, -0.25) is 4.98 Å². The maximum atomic E-state index is 5.88. The Hall–Kier alpha value is -2.88. The molecule has 0 spiro atoms. The molecule has 4 rings (SSSR count). The van der Waals surface area contributed by atoms with Crippen LogP contribution in [-0.2, 0) is 13.0 Å². The number of ether oxygens (including phenoxy) is 1. The van der Waals surface area contributed by atoms with Crippen LogP contribution in [-0.4, -0.2) is 16.6 Å². The van der Waals surface area contributed by atoms with Crippen molar-refractivity contribution in [1.82, 2.24) is 9.97 Å². The molecule has 0 bridgehead atoms. The number of hydrogen-bond acceptors (Lipinski definition) is 4. The second kappa shape index (κ2) is 6.08. The highest BCUT2D eigenvalue weighted by molar-refractivity contribution is 5.75. The van der Waals surface area contributed by atoms with Gasteiger partial charge in [0, 0.05) is 42.7 Å². The Balaban J connectivity index is 1.64. The van der Waals surface area contributed by atoms with E-state index in [0.29, 0.717) is 6.61 Å². The summed E-state index contributed by atoms with van der Waals surface area (Å²) in [5.74, 6) is 1.86. The van der Waals surface area contributed by atoms with Crippen LogP contribution in [0, 0.1) is 0 Å². The van der Waals surface area contributed by atoms with Crippen LogP contribution in [0.2, 0.25) is 0 Å². The SMILES string of the molecule is c1ccc(CNc2ncc(-c3ccncc3)c3c2CCO3)cc1. The number of hydrogen-bond donors (Lipinski definition) is 1. The van der Waals surface area contributed by atoms with Crippen LogP contribution in [0.25, 0.3) is 11.1 Å². The number of anilines is 1. The molecule has 0 amide bonds. The van der Waals surface area contributed by atoms with E-state index < -0.39 is 0 Å². The summed E-state index contributed by atoms with van der Waals surface area (Å²) in [4.78, 5) is 8.70. The third kappa shape index (κ3) is 2.75. The van der Waals surface area contributed by atoms with E-state index in [4.69, 9.17) is 4.74 Å². The molecule has 1 aromatic carbocycles. The van der Waals surface area contributed by atoms with Gasteiger partial charge in [-0.05, 0) is 23.3 Å². The molecular weight excluding hydrogens is 286 g/mol. The monoisotopic (exact) mass is 303 g/mol. The first kappa shape index (κ1) is 13.8. The van der Waals surface area contributed by atoms with Gasteiger partial charge in [-0.25, -0.2) is 4.98 Å². The highest BCUT2D eigenvalue weighted by atomic mass is 16.5. The summed E-state index contributed by atoms with van der Waals surface area (Å²) in [6.07, 6.45) is 6.35. The van der Waals surface area contributed by atoms with Crippen molar-refractivity contribution in [2.45, 2.75) is 13.0 Å². The summed E-state index contributed by atoms with van der Waals surface area (Å²) in [6.45, 7) is 1.47. The van der Waals surface area contributed by atoms with Gasteiger partial charge in [-0.1, -0.05) is 30.3 Å². The predicted octanol–water partition coefficient (Wildman–Crippen LogP) is 3.69.